The fourth-order valence-corrected chi connectivity index (χ4v) is 1.30. The summed E-state index contributed by atoms with van der Waals surface area (Å²) < 4.78 is 30.0. The highest BCUT2D eigenvalue weighted by Gasteiger charge is 2.04. The first-order valence-electron chi connectivity index (χ1n) is 5.01. The lowest BCUT2D eigenvalue weighted by Gasteiger charge is -2.06. The molecule has 2 aromatic rings. The average molecular weight is 243 g/mol. The fourth-order valence-electron chi connectivity index (χ4n) is 1.30. The molecule has 92 valence electrons. The van der Waals surface area contributed by atoms with E-state index in [1.165, 1.54) is 0 Å². The van der Waals surface area contributed by atoms with Crippen molar-refractivity contribution in [1.29, 1.82) is 0 Å². The van der Waals surface area contributed by atoms with E-state index < -0.39 is 13.0 Å². The van der Waals surface area contributed by atoms with Gasteiger partial charge in [-0.2, -0.15) is 0 Å². The number of nitrogens with zero attached hydrogens (tertiary/aromatic N) is 4. The summed E-state index contributed by atoms with van der Waals surface area (Å²) in [4.78, 5) is 4.07. The Labute approximate surface area is 95.6 Å². The number of rotatable bonds is 6. The molecule has 1 N–H and O–H groups in total. The quantitative estimate of drug-likeness (QED) is 0.761. The Hall–Kier alpha value is -1.83. The minimum absolute atomic E-state index is 0.182. The van der Waals surface area contributed by atoms with Crippen LogP contribution in [-0.4, -0.2) is 45.8 Å². The summed E-state index contributed by atoms with van der Waals surface area (Å²) in [7, 11) is 0. The van der Waals surface area contributed by atoms with E-state index in [1.807, 2.05) is 0 Å². The lowest BCUT2D eigenvalue weighted by atomic mass is 10.5. The van der Waals surface area contributed by atoms with Gasteiger partial charge < -0.3 is 10.1 Å². The largest absolute Gasteiger partial charge is 0.374 e. The van der Waals surface area contributed by atoms with E-state index in [0.29, 0.717) is 18.0 Å². The van der Waals surface area contributed by atoms with Crippen LogP contribution in [0, 0.1) is 0 Å². The number of fused-ring (bicyclic) bond motifs is 1. The number of alkyl halides is 2. The third-order valence-electron chi connectivity index (χ3n) is 2.00. The smallest absolute Gasteiger partial charge is 0.261 e. The van der Waals surface area contributed by atoms with Crippen molar-refractivity contribution in [3.63, 3.8) is 0 Å². The monoisotopic (exact) mass is 243 g/mol. The van der Waals surface area contributed by atoms with Crippen LogP contribution >= 0.6 is 0 Å². The Morgan fingerprint density at radius 3 is 3.18 bits per heavy atom. The molecule has 0 unspecified atom stereocenters. The van der Waals surface area contributed by atoms with E-state index in [1.54, 1.807) is 23.1 Å². The first-order chi connectivity index (χ1) is 8.27. The number of hydrogen-bond acceptors (Lipinski definition) is 5. The van der Waals surface area contributed by atoms with Crippen molar-refractivity contribution < 1.29 is 13.5 Å². The van der Waals surface area contributed by atoms with Crippen molar-refractivity contribution in [3.8, 4) is 0 Å². The maximum absolute atomic E-state index is 11.8. The van der Waals surface area contributed by atoms with Gasteiger partial charge in [-0.15, -0.1) is 10.2 Å². The van der Waals surface area contributed by atoms with Gasteiger partial charge in [0.1, 0.15) is 12.9 Å². The van der Waals surface area contributed by atoms with Crippen LogP contribution in [0.5, 0.6) is 0 Å². The maximum Gasteiger partial charge on any atom is 0.261 e. The fraction of sp³-hybridized carbons (Fsp3) is 0.444. The van der Waals surface area contributed by atoms with Gasteiger partial charge in [-0.3, -0.25) is 4.40 Å². The van der Waals surface area contributed by atoms with Crippen LogP contribution in [0.2, 0.25) is 0 Å². The number of hydrogen-bond donors (Lipinski definition) is 1. The van der Waals surface area contributed by atoms with Crippen molar-refractivity contribution in [3.05, 3.63) is 18.7 Å². The van der Waals surface area contributed by atoms with Gasteiger partial charge in [0.15, 0.2) is 5.82 Å². The number of ether oxygens (including phenoxy) is 1. The minimum Gasteiger partial charge on any atom is -0.374 e. The molecule has 0 aromatic carbocycles. The molecule has 2 rings (SSSR count). The van der Waals surface area contributed by atoms with Gasteiger partial charge in [-0.25, -0.2) is 13.8 Å². The van der Waals surface area contributed by atoms with Crippen molar-refractivity contribution in [2.24, 2.45) is 0 Å². The molecule has 0 saturated carbocycles. The summed E-state index contributed by atoms with van der Waals surface area (Å²) in [6, 6.07) is 0. The Kier molecular flexibility index (Phi) is 3.76. The topological polar surface area (TPSA) is 64.3 Å². The van der Waals surface area contributed by atoms with Crippen molar-refractivity contribution in [2.45, 2.75) is 6.43 Å². The van der Waals surface area contributed by atoms with Crippen LogP contribution in [0.25, 0.3) is 5.65 Å². The first kappa shape index (κ1) is 11.6. The van der Waals surface area contributed by atoms with Gasteiger partial charge in [-0.05, 0) is 0 Å². The van der Waals surface area contributed by atoms with Crippen LogP contribution in [0.1, 0.15) is 0 Å². The first-order valence-corrected chi connectivity index (χ1v) is 5.01. The van der Waals surface area contributed by atoms with E-state index in [4.69, 9.17) is 4.74 Å². The molecule has 0 aliphatic rings. The zero-order valence-electron chi connectivity index (χ0n) is 8.88. The molecule has 2 heterocycles. The maximum atomic E-state index is 11.8. The summed E-state index contributed by atoms with van der Waals surface area (Å²) in [6.45, 7) is 0.0116. The summed E-state index contributed by atoms with van der Waals surface area (Å²) in [5.41, 5.74) is 0.585. The third-order valence-corrected chi connectivity index (χ3v) is 2.00. The van der Waals surface area contributed by atoms with Gasteiger partial charge in [0.05, 0.1) is 6.61 Å². The molecule has 0 spiro atoms. The molecule has 0 aliphatic carbocycles. The zero-order chi connectivity index (χ0) is 12.1. The average Bonchev–Trinajstić information content (AvgIpc) is 2.77. The van der Waals surface area contributed by atoms with E-state index >= 15 is 0 Å². The summed E-state index contributed by atoms with van der Waals surface area (Å²) >= 11 is 0. The lowest BCUT2D eigenvalue weighted by Crippen LogP contribution is -2.14. The van der Waals surface area contributed by atoms with Crippen LogP contribution in [-0.2, 0) is 4.74 Å². The molecule has 0 amide bonds. The minimum atomic E-state index is -2.44. The van der Waals surface area contributed by atoms with Crippen molar-refractivity contribution >= 4 is 11.5 Å². The highest BCUT2D eigenvalue weighted by Crippen LogP contribution is 2.08. The van der Waals surface area contributed by atoms with E-state index in [-0.39, 0.29) is 6.61 Å². The van der Waals surface area contributed by atoms with E-state index in [0.717, 1.165) is 0 Å². The highest BCUT2D eigenvalue weighted by molar-refractivity contribution is 5.61. The molecule has 6 nitrogen and oxygen atoms in total. The van der Waals surface area contributed by atoms with Gasteiger partial charge in [0.25, 0.3) is 6.43 Å². The van der Waals surface area contributed by atoms with Gasteiger partial charge in [0, 0.05) is 18.9 Å². The predicted octanol–water partition coefficient (Wildman–Crippen LogP) is 0.818. The Morgan fingerprint density at radius 2 is 2.35 bits per heavy atom. The van der Waals surface area contributed by atoms with Crippen molar-refractivity contribution in [1.82, 2.24) is 19.6 Å². The second-order valence-corrected chi connectivity index (χ2v) is 3.23. The molecule has 17 heavy (non-hydrogen) atoms. The van der Waals surface area contributed by atoms with Crippen LogP contribution in [0.15, 0.2) is 18.7 Å². The van der Waals surface area contributed by atoms with Gasteiger partial charge in [0.2, 0.25) is 5.65 Å². The third kappa shape index (κ3) is 3.06. The molecular formula is C9H11F2N5O. The SMILES string of the molecule is FC(F)COCCNc1nccn2cnnc12. The molecule has 0 bridgehead atoms. The molecule has 8 heteroatoms. The van der Waals surface area contributed by atoms with Gasteiger partial charge in [-0.1, -0.05) is 0 Å². The molecule has 0 fully saturated rings. The molecule has 2 aromatic heterocycles. The summed E-state index contributed by atoms with van der Waals surface area (Å²) in [5, 5.41) is 10.5. The number of nitrogens with one attached hydrogen (secondary N) is 1. The van der Waals surface area contributed by atoms with Crippen LogP contribution < -0.4 is 5.32 Å². The molecule has 0 radical (unpaired) electrons. The Bertz CT molecular complexity index is 475. The molecule has 0 aliphatic heterocycles. The van der Waals surface area contributed by atoms with Crippen LogP contribution in [0.4, 0.5) is 14.6 Å². The van der Waals surface area contributed by atoms with Crippen LogP contribution in [0.3, 0.4) is 0 Å². The highest BCUT2D eigenvalue weighted by atomic mass is 19.3. The number of anilines is 1. The lowest BCUT2D eigenvalue weighted by molar-refractivity contribution is 0.0215. The van der Waals surface area contributed by atoms with Gasteiger partial charge >= 0.3 is 0 Å². The summed E-state index contributed by atoms with van der Waals surface area (Å²) in [6.07, 6.45) is 2.43. The standard InChI is InChI=1S/C9H11F2N5O/c10-7(11)5-17-4-2-13-8-9-15-14-6-16(9)3-1-12-8/h1,3,6-7H,2,4-5H2,(H,12,13). The zero-order valence-corrected chi connectivity index (χ0v) is 8.88. The summed E-state index contributed by atoms with van der Waals surface area (Å²) in [5.74, 6) is 0.547. The normalized spacial score (nSPS) is 11.2. The second-order valence-electron chi connectivity index (χ2n) is 3.23. The Balaban J connectivity index is 1.84. The molecule has 0 saturated heterocycles. The molecular weight excluding hydrogens is 232 g/mol. The van der Waals surface area contributed by atoms with E-state index in [9.17, 15) is 8.78 Å². The number of aromatic nitrogens is 4. The van der Waals surface area contributed by atoms with Crippen molar-refractivity contribution in [2.75, 3.05) is 25.1 Å². The second kappa shape index (κ2) is 5.48. The van der Waals surface area contributed by atoms with E-state index in [2.05, 4.69) is 20.5 Å². The Morgan fingerprint density at radius 1 is 1.47 bits per heavy atom. The predicted molar refractivity (Wildman–Crippen MR) is 56.1 cm³/mol. The number of halogens is 2. The molecule has 0 atom stereocenters.